The molecule has 1 N–H and O–H groups in total. The molecule has 3 atom stereocenters. The number of rotatable bonds is 4. The number of carbonyl (C=O) groups excluding carboxylic acids is 2. The second-order valence-electron chi connectivity index (χ2n) is 5.01. The van der Waals surface area contributed by atoms with E-state index in [0.29, 0.717) is 21.7 Å². The van der Waals surface area contributed by atoms with Crippen molar-refractivity contribution in [3.8, 4) is 0 Å². The van der Waals surface area contributed by atoms with Crippen LogP contribution < -0.4 is 5.32 Å². The first-order valence-corrected chi connectivity index (χ1v) is 7.10. The van der Waals surface area contributed by atoms with Gasteiger partial charge in [-0.15, -0.1) is 0 Å². The van der Waals surface area contributed by atoms with Crippen LogP contribution in [0.4, 0.5) is 5.69 Å². The van der Waals surface area contributed by atoms with Crippen LogP contribution in [0.3, 0.4) is 0 Å². The Labute approximate surface area is 127 Å². The normalized spacial score (nSPS) is 22.0. The Bertz CT molecular complexity index is 547. The quantitative estimate of drug-likeness (QED) is 0.865. The van der Waals surface area contributed by atoms with Gasteiger partial charge in [-0.2, -0.15) is 0 Å². The molecule has 0 saturated heterocycles. The lowest BCUT2D eigenvalue weighted by Crippen LogP contribution is -2.30. The highest BCUT2D eigenvalue weighted by Gasteiger charge is 2.41. The smallest absolute Gasteiger partial charge is 0.309 e. The molecule has 1 fully saturated rings. The third-order valence-electron chi connectivity index (χ3n) is 3.26. The summed E-state index contributed by atoms with van der Waals surface area (Å²) in [6.07, 6.45) is -0.0434. The first-order valence-electron chi connectivity index (χ1n) is 6.35. The molecule has 0 spiro atoms. The molecule has 0 heterocycles. The summed E-state index contributed by atoms with van der Waals surface area (Å²) in [6.45, 7) is 3.50. The van der Waals surface area contributed by atoms with Crippen LogP contribution in [0.15, 0.2) is 18.2 Å². The molecule has 0 radical (unpaired) electrons. The van der Waals surface area contributed by atoms with Gasteiger partial charge in [0.2, 0.25) is 0 Å². The third kappa shape index (κ3) is 3.64. The average molecular weight is 316 g/mol. The van der Waals surface area contributed by atoms with E-state index < -0.39 is 12.0 Å². The fraction of sp³-hybridized carbons (Fsp3) is 0.429. The molecule has 0 aromatic heterocycles. The van der Waals surface area contributed by atoms with E-state index in [1.165, 1.54) is 6.92 Å². The van der Waals surface area contributed by atoms with Gasteiger partial charge in [-0.3, -0.25) is 9.59 Å². The molecule has 1 saturated carbocycles. The standard InChI is InChI=1S/C14H15Cl2NO3/c1-7-5-10(7)14(19)20-8(2)13(18)17-12-6-9(15)3-4-11(12)16/h3-4,6-8,10H,5H2,1-2H3,(H,17,18). The number of amides is 1. The van der Waals surface area contributed by atoms with Crippen LogP contribution in [0.2, 0.25) is 10.0 Å². The zero-order valence-electron chi connectivity index (χ0n) is 11.2. The molecule has 6 heteroatoms. The summed E-state index contributed by atoms with van der Waals surface area (Å²) in [5.41, 5.74) is 0.395. The lowest BCUT2D eigenvalue weighted by atomic mass is 10.3. The summed E-state index contributed by atoms with van der Waals surface area (Å²) < 4.78 is 5.12. The summed E-state index contributed by atoms with van der Waals surface area (Å²) in [5.74, 6) is -0.478. The SMILES string of the molecule is CC(OC(=O)C1CC1C)C(=O)Nc1cc(Cl)ccc1Cl. The first-order chi connectivity index (χ1) is 9.38. The summed E-state index contributed by atoms with van der Waals surface area (Å²) >= 11 is 11.8. The fourth-order valence-corrected chi connectivity index (χ4v) is 2.13. The van der Waals surface area contributed by atoms with Gasteiger partial charge in [0.15, 0.2) is 6.10 Å². The summed E-state index contributed by atoms with van der Waals surface area (Å²) in [6, 6.07) is 4.75. The van der Waals surface area contributed by atoms with E-state index in [4.69, 9.17) is 27.9 Å². The lowest BCUT2D eigenvalue weighted by molar-refractivity contribution is -0.154. The minimum Gasteiger partial charge on any atom is -0.452 e. The number of esters is 1. The molecule has 3 unspecified atom stereocenters. The Hall–Kier alpha value is -1.26. The molecule has 1 aliphatic carbocycles. The molecule has 1 aromatic carbocycles. The molecule has 20 heavy (non-hydrogen) atoms. The summed E-state index contributed by atoms with van der Waals surface area (Å²) in [5, 5.41) is 3.43. The van der Waals surface area contributed by atoms with E-state index in [1.54, 1.807) is 18.2 Å². The number of ether oxygens (including phenoxy) is 1. The maximum Gasteiger partial charge on any atom is 0.309 e. The fourth-order valence-electron chi connectivity index (χ4n) is 1.79. The van der Waals surface area contributed by atoms with Crippen LogP contribution in [-0.4, -0.2) is 18.0 Å². The van der Waals surface area contributed by atoms with Crippen LogP contribution in [0.1, 0.15) is 20.3 Å². The molecule has 1 aliphatic rings. The highest BCUT2D eigenvalue weighted by Crippen LogP contribution is 2.38. The first kappa shape index (κ1) is 15.1. The molecule has 0 aliphatic heterocycles. The van der Waals surface area contributed by atoms with Crippen molar-refractivity contribution in [2.45, 2.75) is 26.4 Å². The Morgan fingerprint density at radius 3 is 2.65 bits per heavy atom. The summed E-state index contributed by atoms with van der Waals surface area (Å²) in [4.78, 5) is 23.6. The molecule has 4 nitrogen and oxygen atoms in total. The van der Waals surface area contributed by atoms with E-state index >= 15 is 0 Å². The zero-order valence-corrected chi connectivity index (χ0v) is 12.7. The third-order valence-corrected chi connectivity index (χ3v) is 3.83. The van der Waals surface area contributed by atoms with Crippen LogP contribution in [0.25, 0.3) is 0 Å². The molecular weight excluding hydrogens is 301 g/mol. The maximum atomic E-state index is 11.9. The monoisotopic (exact) mass is 315 g/mol. The number of nitrogens with one attached hydrogen (secondary N) is 1. The van der Waals surface area contributed by atoms with Gasteiger partial charge >= 0.3 is 5.97 Å². The predicted molar refractivity (Wildman–Crippen MR) is 77.9 cm³/mol. The molecule has 1 aromatic rings. The van der Waals surface area contributed by atoms with Gasteiger partial charge in [0.1, 0.15) is 0 Å². The van der Waals surface area contributed by atoms with Crippen LogP contribution >= 0.6 is 23.2 Å². The van der Waals surface area contributed by atoms with Gasteiger partial charge in [-0.05, 0) is 37.5 Å². The minimum absolute atomic E-state index is 0.0694. The number of anilines is 1. The van der Waals surface area contributed by atoms with E-state index in [1.807, 2.05) is 6.92 Å². The number of hydrogen-bond acceptors (Lipinski definition) is 3. The largest absolute Gasteiger partial charge is 0.452 e. The Morgan fingerprint density at radius 1 is 1.40 bits per heavy atom. The van der Waals surface area contributed by atoms with Gasteiger partial charge < -0.3 is 10.1 Å². The highest BCUT2D eigenvalue weighted by molar-refractivity contribution is 6.35. The maximum absolute atomic E-state index is 11.9. The van der Waals surface area contributed by atoms with Crippen LogP contribution in [0.5, 0.6) is 0 Å². The lowest BCUT2D eigenvalue weighted by Gasteiger charge is -2.14. The van der Waals surface area contributed by atoms with Crippen molar-refractivity contribution in [1.29, 1.82) is 0 Å². The van der Waals surface area contributed by atoms with Crippen molar-refractivity contribution in [3.05, 3.63) is 28.2 Å². The van der Waals surface area contributed by atoms with Crippen molar-refractivity contribution in [2.24, 2.45) is 11.8 Å². The van der Waals surface area contributed by atoms with Crippen LogP contribution in [0, 0.1) is 11.8 Å². The highest BCUT2D eigenvalue weighted by atomic mass is 35.5. The van der Waals surface area contributed by atoms with Gasteiger partial charge in [0, 0.05) is 5.02 Å². The number of halogens is 2. The topological polar surface area (TPSA) is 55.4 Å². The predicted octanol–water partition coefficient (Wildman–Crippen LogP) is 3.52. The Balaban J connectivity index is 1.93. The van der Waals surface area contributed by atoms with Crippen molar-refractivity contribution in [3.63, 3.8) is 0 Å². The molecule has 2 rings (SSSR count). The van der Waals surface area contributed by atoms with Crippen LogP contribution in [-0.2, 0) is 14.3 Å². The van der Waals surface area contributed by atoms with E-state index in [0.717, 1.165) is 6.42 Å². The van der Waals surface area contributed by atoms with Crippen molar-refractivity contribution >= 4 is 40.8 Å². The van der Waals surface area contributed by atoms with Crippen molar-refractivity contribution in [2.75, 3.05) is 5.32 Å². The second kappa shape index (κ2) is 6.02. The number of benzene rings is 1. The molecule has 108 valence electrons. The Kier molecular flexibility index (Phi) is 4.55. The van der Waals surface area contributed by atoms with E-state index in [9.17, 15) is 9.59 Å². The van der Waals surface area contributed by atoms with Gasteiger partial charge in [-0.1, -0.05) is 30.1 Å². The molecule has 1 amide bonds. The van der Waals surface area contributed by atoms with Gasteiger partial charge in [-0.25, -0.2) is 0 Å². The summed E-state index contributed by atoms with van der Waals surface area (Å²) in [7, 11) is 0. The number of hydrogen-bond donors (Lipinski definition) is 1. The van der Waals surface area contributed by atoms with Crippen molar-refractivity contribution in [1.82, 2.24) is 0 Å². The van der Waals surface area contributed by atoms with Crippen molar-refractivity contribution < 1.29 is 14.3 Å². The van der Waals surface area contributed by atoms with Gasteiger partial charge in [0.25, 0.3) is 5.91 Å². The van der Waals surface area contributed by atoms with E-state index in [2.05, 4.69) is 5.32 Å². The zero-order chi connectivity index (χ0) is 14.9. The Morgan fingerprint density at radius 2 is 2.05 bits per heavy atom. The molecule has 0 bridgehead atoms. The second-order valence-corrected chi connectivity index (χ2v) is 5.86. The minimum atomic E-state index is -0.870. The molecular formula is C14H15Cl2NO3. The van der Waals surface area contributed by atoms with E-state index in [-0.39, 0.29) is 11.9 Å². The van der Waals surface area contributed by atoms with Gasteiger partial charge in [0.05, 0.1) is 16.6 Å². The average Bonchev–Trinajstić information content (AvgIpc) is 3.11. The number of carbonyl (C=O) groups is 2.